The summed E-state index contributed by atoms with van der Waals surface area (Å²) in [5.41, 5.74) is -0.417. The van der Waals surface area contributed by atoms with Gasteiger partial charge < -0.3 is 14.8 Å². The van der Waals surface area contributed by atoms with Gasteiger partial charge in [-0.05, 0) is 59.9 Å². The first-order valence-corrected chi connectivity index (χ1v) is 6.96. The molecule has 4 nitrogen and oxygen atoms in total. The summed E-state index contributed by atoms with van der Waals surface area (Å²) in [5, 5.41) is 3.20. The maximum absolute atomic E-state index is 11.7. The molecule has 0 bridgehead atoms. The minimum absolute atomic E-state index is 0.188. The van der Waals surface area contributed by atoms with Crippen molar-refractivity contribution in [2.75, 3.05) is 13.2 Å². The molecule has 0 amide bonds. The van der Waals surface area contributed by atoms with Gasteiger partial charge in [0.15, 0.2) is 0 Å². The third-order valence-corrected chi connectivity index (χ3v) is 2.95. The van der Waals surface area contributed by atoms with Crippen LogP contribution in [-0.2, 0) is 14.3 Å². The first kappa shape index (κ1) is 15.4. The molecular formula is C14H27NO3. The zero-order valence-electron chi connectivity index (χ0n) is 12.1. The van der Waals surface area contributed by atoms with Crippen molar-refractivity contribution in [2.24, 2.45) is 0 Å². The summed E-state index contributed by atoms with van der Waals surface area (Å²) in [7, 11) is 0. The number of carbonyl (C=O) groups excluding carboxylic acids is 1. The molecule has 0 radical (unpaired) electrons. The highest BCUT2D eigenvalue weighted by molar-refractivity contribution is 5.75. The molecule has 1 aliphatic rings. The summed E-state index contributed by atoms with van der Waals surface area (Å²) in [6, 6.07) is -0.257. The van der Waals surface area contributed by atoms with Gasteiger partial charge in [0.25, 0.3) is 0 Å². The molecule has 2 unspecified atom stereocenters. The van der Waals surface area contributed by atoms with Crippen LogP contribution in [0, 0.1) is 0 Å². The Morgan fingerprint density at radius 1 is 1.44 bits per heavy atom. The predicted octanol–water partition coefficient (Wildman–Crippen LogP) is 2.27. The number of nitrogens with one attached hydrogen (secondary N) is 1. The summed E-state index contributed by atoms with van der Waals surface area (Å²) in [4.78, 5) is 11.7. The number of carbonyl (C=O) groups is 1. The molecule has 1 heterocycles. The lowest BCUT2D eigenvalue weighted by Gasteiger charge is -2.25. The van der Waals surface area contributed by atoms with Crippen LogP contribution in [0.2, 0.25) is 0 Å². The fourth-order valence-electron chi connectivity index (χ4n) is 1.97. The minimum Gasteiger partial charge on any atom is -0.459 e. The monoisotopic (exact) mass is 257 g/mol. The Morgan fingerprint density at radius 3 is 2.72 bits per heavy atom. The van der Waals surface area contributed by atoms with Gasteiger partial charge in [-0.3, -0.25) is 4.79 Å². The largest absolute Gasteiger partial charge is 0.459 e. The molecule has 0 aromatic heterocycles. The standard InChI is InChI=1S/C14H27NO3/c1-11(13(16)18-14(2,3)4)15-9-8-12-7-5-6-10-17-12/h11-12,15H,5-10H2,1-4H3. The van der Waals surface area contributed by atoms with Crippen molar-refractivity contribution in [3.05, 3.63) is 0 Å². The van der Waals surface area contributed by atoms with Gasteiger partial charge in [-0.25, -0.2) is 0 Å². The van der Waals surface area contributed by atoms with Gasteiger partial charge in [0.05, 0.1) is 6.10 Å². The van der Waals surface area contributed by atoms with Crippen LogP contribution < -0.4 is 5.32 Å². The van der Waals surface area contributed by atoms with E-state index in [1.807, 2.05) is 27.7 Å². The van der Waals surface area contributed by atoms with E-state index in [0.717, 1.165) is 26.0 Å². The van der Waals surface area contributed by atoms with E-state index in [1.165, 1.54) is 12.8 Å². The summed E-state index contributed by atoms with van der Waals surface area (Å²) < 4.78 is 11.0. The van der Waals surface area contributed by atoms with Gasteiger partial charge in [-0.15, -0.1) is 0 Å². The Balaban J connectivity index is 2.15. The smallest absolute Gasteiger partial charge is 0.323 e. The third kappa shape index (κ3) is 6.36. The van der Waals surface area contributed by atoms with Gasteiger partial charge in [-0.2, -0.15) is 0 Å². The molecule has 1 aliphatic heterocycles. The van der Waals surface area contributed by atoms with E-state index in [-0.39, 0.29) is 12.0 Å². The lowest BCUT2D eigenvalue weighted by atomic mass is 10.1. The Kier molecular flexibility index (Phi) is 6.09. The normalized spacial score (nSPS) is 22.6. The minimum atomic E-state index is -0.417. The van der Waals surface area contributed by atoms with E-state index in [2.05, 4.69) is 5.32 Å². The maximum Gasteiger partial charge on any atom is 0.323 e. The second-order valence-electron chi connectivity index (χ2n) is 5.99. The second-order valence-corrected chi connectivity index (χ2v) is 5.99. The first-order chi connectivity index (χ1) is 8.38. The number of ether oxygens (including phenoxy) is 2. The van der Waals surface area contributed by atoms with Crippen LogP contribution in [0.15, 0.2) is 0 Å². The lowest BCUT2D eigenvalue weighted by Crippen LogP contribution is -2.40. The molecule has 0 aromatic rings. The average molecular weight is 257 g/mol. The van der Waals surface area contributed by atoms with E-state index in [9.17, 15) is 4.79 Å². The molecule has 106 valence electrons. The Morgan fingerprint density at radius 2 is 2.17 bits per heavy atom. The molecule has 4 heteroatoms. The average Bonchev–Trinajstić information content (AvgIpc) is 2.28. The molecule has 0 saturated carbocycles. The maximum atomic E-state index is 11.7. The lowest BCUT2D eigenvalue weighted by molar-refractivity contribution is -0.157. The summed E-state index contributed by atoms with van der Waals surface area (Å²) in [6.45, 7) is 9.17. The van der Waals surface area contributed by atoms with E-state index < -0.39 is 5.60 Å². The highest BCUT2D eigenvalue weighted by atomic mass is 16.6. The van der Waals surface area contributed by atoms with Crippen molar-refractivity contribution in [3.63, 3.8) is 0 Å². The third-order valence-electron chi connectivity index (χ3n) is 2.95. The van der Waals surface area contributed by atoms with Crippen LogP contribution in [0.3, 0.4) is 0 Å². The predicted molar refractivity (Wildman–Crippen MR) is 71.5 cm³/mol. The van der Waals surface area contributed by atoms with E-state index >= 15 is 0 Å². The molecule has 1 fully saturated rings. The fourth-order valence-corrected chi connectivity index (χ4v) is 1.97. The zero-order chi connectivity index (χ0) is 13.6. The second kappa shape index (κ2) is 7.10. The fraction of sp³-hybridized carbons (Fsp3) is 0.929. The highest BCUT2D eigenvalue weighted by Crippen LogP contribution is 2.15. The summed E-state index contributed by atoms with van der Waals surface area (Å²) in [6.07, 6.45) is 4.90. The van der Waals surface area contributed by atoms with Crippen LogP contribution in [0.1, 0.15) is 53.4 Å². The molecule has 0 aliphatic carbocycles. The van der Waals surface area contributed by atoms with Crippen molar-refractivity contribution in [1.29, 1.82) is 0 Å². The molecular weight excluding hydrogens is 230 g/mol. The molecule has 1 saturated heterocycles. The Labute approximate surface area is 110 Å². The quantitative estimate of drug-likeness (QED) is 0.768. The van der Waals surface area contributed by atoms with Crippen molar-refractivity contribution < 1.29 is 14.3 Å². The molecule has 1 N–H and O–H groups in total. The van der Waals surface area contributed by atoms with E-state index in [4.69, 9.17) is 9.47 Å². The summed E-state index contributed by atoms with van der Waals surface area (Å²) >= 11 is 0. The molecule has 1 rings (SSSR count). The highest BCUT2D eigenvalue weighted by Gasteiger charge is 2.21. The summed E-state index contributed by atoms with van der Waals surface area (Å²) in [5.74, 6) is -0.188. The van der Waals surface area contributed by atoms with Gasteiger partial charge in [0.1, 0.15) is 11.6 Å². The van der Waals surface area contributed by atoms with Crippen LogP contribution in [-0.4, -0.2) is 36.9 Å². The molecule has 0 spiro atoms. The van der Waals surface area contributed by atoms with Crippen LogP contribution in [0.5, 0.6) is 0 Å². The number of hydrogen-bond donors (Lipinski definition) is 1. The van der Waals surface area contributed by atoms with Gasteiger partial charge in [0.2, 0.25) is 0 Å². The van der Waals surface area contributed by atoms with Gasteiger partial charge in [-0.1, -0.05) is 0 Å². The van der Waals surface area contributed by atoms with Crippen LogP contribution in [0.25, 0.3) is 0 Å². The number of rotatable bonds is 5. The van der Waals surface area contributed by atoms with Crippen molar-refractivity contribution >= 4 is 5.97 Å². The molecule has 2 atom stereocenters. The van der Waals surface area contributed by atoms with Crippen LogP contribution >= 0.6 is 0 Å². The van der Waals surface area contributed by atoms with E-state index in [0.29, 0.717) is 6.10 Å². The topological polar surface area (TPSA) is 47.6 Å². The van der Waals surface area contributed by atoms with E-state index in [1.54, 1.807) is 0 Å². The zero-order valence-corrected chi connectivity index (χ0v) is 12.1. The Hall–Kier alpha value is -0.610. The molecule has 18 heavy (non-hydrogen) atoms. The molecule has 0 aromatic carbocycles. The van der Waals surface area contributed by atoms with Crippen molar-refractivity contribution in [2.45, 2.75) is 71.1 Å². The van der Waals surface area contributed by atoms with Crippen molar-refractivity contribution in [3.8, 4) is 0 Å². The van der Waals surface area contributed by atoms with Gasteiger partial charge in [0, 0.05) is 6.61 Å². The SMILES string of the molecule is CC(NCCC1CCCCO1)C(=O)OC(C)(C)C. The van der Waals surface area contributed by atoms with Crippen LogP contribution in [0.4, 0.5) is 0 Å². The Bertz CT molecular complexity index is 254. The number of esters is 1. The first-order valence-electron chi connectivity index (χ1n) is 6.96. The van der Waals surface area contributed by atoms with Crippen molar-refractivity contribution in [1.82, 2.24) is 5.32 Å². The van der Waals surface area contributed by atoms with Gasteiger partial charge >= 0.3 is 5.97 Å². The number of hydrogen-bond acceptors (Lipinski definition) is 4.